The van der Waals surface area contributed by atoms with Gasteiger partial charge in [0.2, 0.25) is 0 Å². The van der Waals surface area contributed by atoms with Gasteiger partial charge in [-0.25, -0.2) is 48.6 Å². The van der Waals surface area contributed by atoms with Gasteiger partial charge in [0.15, 0.2) is 0 Å². The Balaban J connectivity index is 0.000000113. The van der Waals surface area contributed by atoms with Crippen molar-refractivity contribution in [1.29, 1.82) is 0 Å². The van der Waals surface area contributed by atoms with Crippen LogP contribution in [-0.4, -0.2) is 121 Å². The van der Waals surface area contributed by atoms with E-state index in [0.29, 0.717) is 78.8 Å². The van der Waals surface area contributed by atoms with E-state index in [2.05, 4.69) is 102 Å². The summed E-state index contributed by atoms with van der Waals surface area (Å²) in [5, 5.41) is 8.92. The second-order valence-corrected chi connectivity index (χ2v) is 34.7. The van der Waals surface area contributed by atoms with E-state index in [4.69, 9.17) is 28.1 Å². The number of halogens is 3. The Morgan fingerprint density at radius 2 is 0.553 bits per heavy atom. The molecular weight excluding hydrogens is 1890 g/mol. The molecule has 32 heteroatoms. The van der Waals surface area contributed by atoms with Gasteiger partial charge in [0.1, 0.15) is 79.8 Å². The van der Waals surface area contributed by atoms with Crippen LogP contribution in [0, 0.1) is 52.1 Å². The number of nitrogens with one attached hydrogen (secondary N) is 1. The molecule has 0 saturated heterocycles. The third-order valence-electron chi connectivity index (χ3n) is 24.6. The minimum absolute atomic E-state index is 0.244. The Hall–Kier alpha value is -20.5. The maximum atomic E-state index is 14.8. The molecule has 5 amide bonds. The van der Waals surface area contributed by atoms with Crippen molar-refractivity contribution in [3.63, 3.8) is 0 Å². The molecule has 0 radical (unpaired) electrons. The van der Waals surface area contributed by atoms with E-state index in [1.54, 1.807) is 94.7 Å². The fourth-order valence-electron chi connectivity index (χ4n) is 17.6. The Bertz CT molecular complexity index is 9250. The highest BCUT2D eigenvalue weighted by Gasteiger charge is 2.23. The van der Waals surface area contributed by atoms with Crippen molar-refractivity contribution in [2.24, 2.45) is 22.9 Å². The number of aromatic nitrogens is 18. The summed E-state index contributed by atoms with van der Waals surface area (Å²) in [6.07, 6.45) is 23.7. The number of amides is 5. The lowest BCUT2D eigenvalue weighted by atomic mass is 9.97. The van der Waals surface area contributed by atoms with Gasteiger partial charge in [-0.2, -0.15) is 0 Å². The number of nitrogens with zero attached hydrogens (tertiary/aromatic N) is 18. The van der Waals surface area contributed by atoms with Gasteiger partial charge in [0.05, 0.1) is 65.1 Å². The molecule has 0 aliphatic rings. The molecule has 0 spiro atoms. The molecule has 10 N–H and O–H groups in total. The summed E-state index contributed by atoms with van der Waals surface area (Å²) in [5.74, 6) is -3.90. The van der Waals surface area contributed by atoms with E-state index in [1.165, 1.54) is 66.9 Å². The molecule has 29 nitrogen and oxygen atoms in total. The lowest BCUT2D eigenvalue weighted by Gasteiger charge is -2.12. The molecule has 0 saturated carbocycles. The molecule has 18 aromatic heterocycles. The van der Waals surface area contributed by atoms with Gasteiger partial charge >= 0.3 is 0 Å². The maximum Gasteiger partial charge on any atom is 0.293 e. The second kappa shape index (κ2) is 43.3. The third-order valence-corrected chi connectivity index (χ3v) is 24.6. The van der Waals surface area contributed by atoms with Crippen molar-refractivity contribution in [2.45, 2.75) is 34.6 Å². The zero-order chi connectivity index (χ0) is 104. The summed E-state index contributed by atoms with van der Waals surface area (Å²) in [4.78, 5) is 111. The first-order chi connectivity index (χ1) is 72.8. The minimum Gasteiger partial charge on any atom is -0.364 e. The van der Waals surface area contributed by atoms with Crippen LogP contribution in [0.5, 0.6) is 0 Å². The zero-order valence-electron chi connectivity index (χ0n) is 81.0. The van der Waals surface area contributed by atoms with Crippen LogP contribution in [-0.2, 0) is 0 Å². The number of fused-ring (bicyclic) bond motifs is 6. The lowest BCUT2D eigenvalue weighted by molar-refractivity contribution is 0.0699. The lowest BCUT2D eigenvalue weighted by Crippen LogP contribution is -2.20. The summed E-state index contributed by atoms with van der Waals surface area (Å²) in [7, 11) is 0. The van der Waals surface area contributed by atoms with Crippen molar-refractivity contribution >= 4 is 63.4 Å². The van der Waals surface area contributed by atoms with Crippen molar-refractivity contribution in [2.75, 3.05) is 0 Å². The molecule has 734 valence electrons. The van der Waals surface area contributed by atoms with Gasteiger partial charge in [0, 0.05) is 129 Å². The van der Waals surface area contributed by atoms with E-state index in [1.807, 2.05) is 264 Å². The average molecular weight is 1980 g/mol. The highest BCUT2D eigenvalue weighted by molar-refractivity contribution is 5.97. The topological polar surface area (TPSA) is 403 Å². The summed E-state index contributed by atoms with van der Waals surface area (Å²) < 4.78 is 52.9. The molecule has 0 unspecified atom stereocenters. The van der Waals surface area contributed by atoms with E-state index >= 15 is 0 Å². The van der Waals surface area contributed by atoms with Crippen LogP contribution in [0.1, 0.15) is 80.9 Å². The number of hydroxylamine groups is 1. The molecule has 0 fully saturated rings. The van der Waals surface area contributed by atoms with Crippen LogP contribution < -0.4 is 28.4 Å². The molecule has 24 aromatic rings. The molecule has 18 heterocycles. The minimum atomic E-state index is -0.608. The van der Waals surface area contributed by atoms with Gasteiger partial charge in [0.25, 0.3) is 29.5 Å². The number of hydrogen-bond donors (Lipinski definition) is 6. The third kappa shape index (κ3) is 21.3. The van der Waals surface area contributed by atoms with Crippen LogP contribution in [0.4, 0.5) is 13.2 Å². The van der Waals surface area contributed by atoms with Crippen LogP contribution in [0.25, 0.3) is 168 Å². The first-order valence-electron chi connectivity index (χ1n) is 47.0. The predicted octanol–water partition coefficient (Wildman–Crippen LogP) is 21.9. The monoisotopic (exact) mass is 1980 g/mol. The fourth-order valence-corrected chi connectivity index (χ4v) is 17.6. The van der Waals surface area contributed by atoms with Crippen molar-refractivity contribution < 1.29 is 42.4 Å². The highest BCUT2D eigenvalue weighted by Crippen LogP contribution is 2.40. The molecule has 0 aliphatic carbocycles. The summed E-state index contributed by atoms with van der Waals surface area (Å²) >= 11 is 0. The van der Waals surface area contributed by atoms with Crippen molar-refractivity contribution in [1.82, 2.24) is 91.7 Å². The van der Waals surface area contributed by atoms with E-state index in [0.717, 1.165) is 124 Å². The summed E-state index contributed by atoms with van der Waals surface area (Å²) in [6.45, 7) is 9.66. The number of carbonyl (C=O) groups excluding carboxylic acids is 5. The molecule has 0 aliphatic heterocycles. The standard InChI is InChI=1S/3C20H15FN4O.C20H16N4O2.C19H14N4O.C19H15N3/c1-12-4-2-7-16(24-12)14-5-3-6-15(21)19(14)13-8-9-18-23-10-17(20(22)26)25(18)11-13;1-12-3-2-4-17(24-12)15-7-6-14(21)9-16(15)13-5-8-19-23-10-18(20(22)26)25(19)11-13;1-12-3-2-4-17(24-12)16-9-14(21)6-7-15(16)13-5-8-19-23-10-18(20(22)26)25(19)11-13;1-13-5-4-8-17(22-13)16-7-3-2-6-15(16)14-9-10-19-21-11-18(20(25)23-26)24(19)12-14;20-19(24)17-11-22-18-9-8-13(12-23(17)18)14-5-1-2-6-15(14)16-7-3-4-10-21-16;1-14-5-4-8-18(21-14)17-7-3-2-6-16(17)15-9-10-19-20-11-12-22(19)13-15/h3*2-11H,1H3,(H2,22,26);2-12,26H,1H3,(H,23,25);1-12H,(H2,20,24);2-13H,1H3. The number of benzene rings is 6. The van der Waals surface area contributed by atoms with Crippen molar-refractivity contribution in [3.8, 4) is 134 Å². The maximum absolute atomic E-state index is 14.8. The number of pyridine rings is 12. The Kier molecular flexibility index (Phi) is 28.4. The van der Waals surface area contributed by atoms with Crippen LogP contribution >= 0.6 is 0 Å². The number of nitrogens with two attached hydrogens (primary N) is 4. The first kappa shape index (κ1) is 98.2. The smallest absolute Gasteiger partial charge is 0.293 e. The number of rotatable bonds is 17. The molecule has 6 aromatic carbocycles. The average Bonchev–Trinajstić information content (AvgIpc) is 1.45. The van der Waals surface area contributed by atoms with Gasteiger partial charge in [-0.15, -0.1) is 0 Å². The van der Waals surface area contributed by atoms with Gasteiger partial charge in [-0.05, 0) is 272 Å². The SMILES string of the molecule is Cc1cccc(-c2cc(F)ccc2-c2ccc3ncc(C(N)=O)n3c2)n1.Cc1cccc(-c2ccc(F)cc2-c2ccc3ncc(C(N)=O)n3c2)n1.Cc1cccc(-c2cccc(F)c2-c2ccc3ncc(C(N)=O)n3c2)n1.Cc1cccc(-c2ccccc2-c2ccc3ncc(C(=O)NO)n3c2)n1.Cc1cccc(-c2ccccc2-c2ccc3nccn3c2)n1.NC(=O)c1cnc2ccc(-c3ccccc3-c3ccccn3)cn12. The van der Waals surface area contributed by atoms with E-state index in [-0.39, 0.29) is 34.5 Å². The number of hydrogen-bond acceptors (Lipinski definition) is 18. The van der Waals surface area contributed by atoms with E-state index in [9.17, 15) is 37.1 Å². The Morgan fingerprint density at radius 3 is 0.940 bits per heavy atom. The molecule has 0 atom stereocenters. The van der Waals surface area contributed by atoms with Crippen LogP contribution in [0.3, 0.4) is 0 Å². The van der Waals surface area contributed by atoms with Crippen LogP contribution in [0.15, 0.2) is 396 Å². The molecule has 150 heavy (non-hydrogen) atoms. The summed E-state index contributed by atoms with van der Waals surface area (Å²) in [6, 6.07) is 95.8. The molecule has 24 rings (SSSR count). The quantitative estimate of drug-likeness (QED) is 0.0364. The van der Waals surface area contributed by atoms with Gasteiger partial charge in [-0.1, -0.05) is 127 Å². The summed E-state index contributed by atoms with van der Waals surface area (Å²) in [5.41, 5.74) is 53.8. The van der Waals surface area contributed by atoms with E-state index < -0.39 is 29.5 Å². The second-order valence-electron chi connectivity index (χ2n) is 34.7. The Morgan fingerprint density at radius 1 is 0.260 bits per heavy atom. The molecule has 0 bridgehead atoms. The Labute approximate surface area is 854 Å². The highest BCUT2D eigenvalue weighted by atomic mass is 19.1. The fraction of sp³-hybridized carbons (Fsp3) is 0.0424. The zero-order valence-corrected chi connectivity index (χ0v) is 81.0. The van der Waals surface area contributed by atoms with Crippen LogP contribution in [0.2, 0.25) is 0 Å². The predicted molar refractivity (Wildman–Crippen MR) is 570 cm³/mol. The number of primary amides is 4. The first-order valence-corrected chi connectivity index (χ1v) is 47.0. The largest absolute Gasteiger partial charge is 0.364 e. The number of imidazole rings is 6. The normalized spacial score (nSPS) is 10.9. The number of carbonyl (C=O) groups is 5. The number of aryl methyl sites for hydroxylation is 5. The molecular formula is C118H90F3N23O6. The van der Waals surface area contributed by atoms with Gasteiger partial charge in [-0.3, -0.25) is 81.1 Å². The van der Waals surface area contributed by atoms with Crippen molar-refractivity contribution in [3.05, 3.63) is 471 Å². The van der Waals surface area contributed by atoms with Gasteiger partial charge < -0.3 is 27.3 Å².